The number of rotatable bonds is 5. The molecule has 0 radical (unpaired) electrons. The SMILES string of the molecule is COc1cc(C(O)CNC(C)C)ccc1Cl. The van der Waals surface area contributed by atoms with Crippen LogP contribution in [-0.2, 0) is 0 Å². The molecule has 0 aliphatic heterocycles. The highest BCUT2D eigenvalue weighted by atomic mass is 35.5. The third-order valence-corrected chi connectivity index (χ3v) is 2.59. The lowest BCUT2D eigenvalue weighted by Gasteiger charge is -2.15. The molecule has 0 spiro atoms. The summed E-state index contributed by atoms with van der Waals surface area (Å²) in [6, 6.07) is 5.64. The van der Waals surface area contributed by atoms with Gasteiger partial charge in [-0.15, -0.1) is 0 Å². The molecule has 1 unspecified atom stereocenters. The van der Waals surface area contributed by atoms with Gasteiger partial charge in [0.2, 0.25) is 0 Å². The van der Waals surface area contributed by atoms with E-state index in [4.69, 9.17) is 16.3 Å². The molecule has 2 N–H and O–H groups in total. The first-order valence-corrected chi connectivity index (χ1v) is 5.67. The number of nitrogens with one attached hydrogen (secondary N) is 1. The van der Waals surface area contributed by atoms with E-state index >= 15 is 0 Å². The van der Waals surface area contributed by atoms with E-state index < -0.39 is 6.10 Å². The fourth-order valence-electron chi connectivity index (χ4n) is 1.35. The van der Waals surface area contributed by atoms with E-state index in [9.17, 15) is 5.11 Å². The highest BCUT2D eigenvalue weighted by molar-refractivity contribution is 6.32. The van der Waals surface area contributed by atoms with Gasteiger partial charge in [0.05, 0.1) is 18.2 Å². The zero-order valence-electron chi connectivity index (χ0n) is 9.83. The Hall–Kier alpha value is -0.770. The van der Waals surface area contributed by atoms with E-state index in [2.05, 4.69) is 5.32 Å². The summed E-state index contributed by atoms with van der Waals surface area (Å²) in [5.41, 5.74) is 0.800. The molecule has 0 heterocycles. The summed E-state index contributed by atoms with van der Waals surface area (Å²) in [5, 5.41) is 13.6. The molecule has 3 nitrogen and oxygen atoms in total. The Kier molecular flexibility index (Phi) is 5.06. The lowest BCUT2D eigenvalue weighted by Crippen LogP contribution is -2.27. The van der Waals surface area contributed by atoms with E-state index in [0.29, 0.717) is 23.4 Å². The number of hydrogen-bond donors (Lipinski definition) is 2. The van der Waals surface area contributed by atoms with Crippen LogP contribution < -0.4 is 10.1 Å². The molecule has 0 fully saturated rings. The number of aliphatic hydroxyl groups excluding tert-OH is 1. The average Bonchev–Trinajstić information content (AvgIpc) is 2.26. The predicted molar refractivity (Wildman–Crippen MR) is 66.1 cm³/mol. The van der Waals surface area contributed by atoms with Gasteiger partial charge in [-0.05, 0) is 17.7 Å². The first-order chi connectivity index (χ1) is 7.54. The number of methoxy groups -OCH3 is 1. The minimum atomic E-state index is -0.548. The molecular formula is C12H18ClNO2. The molecule has 0 saturated heterocycles. The number of halogens is 1. The van der Waals surface area contributed by atoms with Crippen molar-refractivity contribution < 1.29 is 9.84 Å². The van der Waals surface area contributed by atoms with Crippen molar-refractivity contribution in [1.29, 1.82) is 0 Å². The molecular weight excluding hydrogens is 226 g/mol. The minimum Gasteiger partial charge on any atom is -0.495 e. The summed E-state index contributed by atoms with van der Waals surface area (Å²) < 4.78 is 5.10. The molecule has 0 saturated carbocycles. The summed E-state index contributed by atoms with van der Waals surface area (Å²) in [5.74, 6) is 0.586. The second-order valence-corrected chi connectivity index (χ2v) is 4.38. The van der Waals surface area contributed by atoms with Crippen LogP contribution in [0.2, 0.25) is 5.02 Å². The highest BCUT2D eigenvalue weighted by Crippen LogP contribution is 2.27. The van der Waals surface area contributed by atoms with E-state index in [1.54, 1.807) is 25.3 Å². The van der Waals surface area contributed by atoms with E-state index in [0.717, 1.165) is 5.56 Å². The molecule has 0 aliphatic rings. The van der Waals surface area contributed by atoms with Crippen LogP contribution in [0.15, 0.2) is 18.2 Å². The maximum absolute atomic E-state index is 9.92. The lowest BCUT2D eigenvalue weighted by molar-refractivity contribution is 0.171. The summed E-state index contributed by atoms with van der Waals surface area (Å²) in [4.78, 5) is 0. The Balaban J connectivity index is 2.72. The molecule has 1 aromatic rings. The predicted octanol–water partition coefficient (Wildman–Crippen LogP) is 2.38. The molecule has 1 aromatic carbocycles. The fourth-order valence-corrected chi connectivity index (χ4v) is 1.54. The van der Waals surface area contributed by atoms with Crippen molar-refractivity contribution in [2.75, 3.05) is 13.7 Å². The van der Waals surface area contributed by atoms with Gasteiger partial charge in [0.1, 0.15) is 5.75 Å². The van der Waals surface area contributed by atoms with Gasteiger partial charge in [0.25, 0.3) is 0 Å². The van der Waals surface area contributed by atoms with Crippen LogP contribution in [0.1, 0.15) is 25.5 Å². The number of benzene rings is 1. The van der Waals surface area contributed by atoms with Crippen molar-refractivity contribution in [3.8, 4) is 5.75 Å². The van der Waals surface area contributed by atoms with Crippen molar-refractivity contribution in [2.24, 2.45) is 0 Å². The fraction of sp³-hybridized carbons (Fsp3) is 0.500. The van der Waals surface area contributed by atoms with Crippen LogP contribution in [0, 0.1) is 0 Å². The molecule has 1 atom stereocenters. The highest BCUT2D eigenvalue weighted by Gasteiger charge is 2.10. The lowest BCUT2D eigenvalue weighted by atomic mass is 10.1. The van der Waals surface area contributed by atoms with Gasteiger partial charge < -0.3 is 15.2 Å². The van der Waals surface area contributed by atoms with Crippen molar-refractivity contribution in [1.82, 2.24) is 5.32 Å². The van der Waals surface area contributed by atoms with Crippen LogP contribution in [0.4, 0.5) is 0 Å². The van der Waals surface area contributed by atoms with Gasteiger partial charge in [0.15, 0.2) is 0 Å². The average molecular weight is 244 g/mol. The Morgan fingerprint density at radius 3 is 2.69 bits per heavy atom. The number of hydrogen-bond acceptors (Lipinski definition) is 3. The Morgan fingerprint density at radius 2 is 2.12 bits per heavy atom. The number of ether oxygens (including phenoxy) is 1. The molecule has 0 bridgehead atoms. The summed E-state index contributed by atoms with van der Waals surface area (Å²) >= 11 is 5.91. The van der Waals surface area contributed by atoms with E-state index in [1.807, 2.05) is 13.8 Å². The zero-order chi connectivity index (χ0) is 12.1. The van der Waals surface area contributed by atoms with Crippen LogP contribution in [0.25, 0.3) is 0 Å². The Morgan fingerprint density at radius 1 is 1.44 bits per heavy atom. The van der Waals surface area contributed by atoms with Gasteiger partial charge in [-0.3, -0.25) is 0 Å². The van der Waals surface area contributed by atoms with Crippen molar-refractivity contribution in [3.63, 3.8) is 0 Å². The second-order valence-electron chi connectivity index (χ2n) is 3.97. The van der Waals surface area contributed by atoms with Gasteiger partial charge in [-0.25, -0.2) is 0 Å². The van der Waals surface area contributed by atoms with E-state index in [-0.39, 0.29) is 0 Å². The topological polar surface area (TPSA) is 41.5 Å². The van der Waals surface area contributed by atoms with Gasteiger partial charge in [-0.2, -0.15) is 0 Å². The molecule has 1 rings (SSSR count). The molecule has 4 heteroatoms. The molecule has 0 aliphatic carbocycles. The van der Waals surface area contributed by atoms with Crippen molar-refractivity contribution in [3.05, 3.63) is 28.8 Å². The van der Waals surface area contributed by atoms with Gasteiger partial charge in [0, 0.05) is 12.6 Å². The number of aliphatic hydroxyl groups is 1. The largest absolute Gasteiger partial charge is 0.495 e. The van der Waals surface area contributed by atoms with E-state index in [1.165, 1.54) is 0 Å². The normalized spacial score (nSPS) is 12.9. The summed E-state index contributed by atoms with van der Waals surface area (Å²) in [6.07, 6.45) is -0.548. The van der Waals surface area contributed by atoms with Crippen molar-refractivity contribution >= 4 is 11.6 Å². The quantitative estimate of drug-likeness (QED) is 0.835. The maximum atomic E-state index is 9.92. The third-order valence-electron chi connectivity index (χ3n) is 2.28. The summed E-state index contributed by atoms with van der Waals surface area (Å²) in [7, 11) is 1.56. The van der Waals surface area contributed by atoms with Crippen LogP contribution >= 0.6 is 11.6 Å². The van der Waals surface area contributed by atoms with Gasteiger partial charge >= 0.3 is 0 Å². The Bertz CT molecular complexity index is 342. The van der Waals surface area contributed by atoms with Crippen LogP contribution in [-0.4, -0.2) is 24.8 Å². The molecule has 0 amide bonds. The van der Waals surface area contributed by atoms with Crippen molar-refractivity contribution in [2.45, 2.75) is 26.0 Å². The van der Waals surface area contributed by atoms with Crippen LogP contribution in [0.3, 0.4) is 0 Å². The standard InChI is InChI=1S/C12H18ClNO2/c1-8(2)14-7-11(15)9-4-5-10(13)12(6-9)16-3/h4-6,8,11,14-15H,7H2,1-3H3. The summed E-state index contributed by atoms with van der Waals surface area (Å²) in [6.45, 7) is 4.59. The molecule has 0 aromatic heterocycles. The van der Waals surface area contributed by atoms with Crippen LogP contribution in [0.5, 0.6) is 5.75 Å². The monoisotopic (exact) mass is 243 g/mol. The second kappa shape index (κ2) is 6.09. The minimum absolute atomic E-state index is 0.351. The maximum Gasteiger partial charge on any atom is 0.137 e. The molecule has 16 heavy (non-hydrogen) atoms. The zero-order valence-corrected chi connectivity index (χ0v) is 10.6. The molecule has 90 valence electrons. The van der Waals surface area contributed by atoms with Gasteiger partial charge in [-0.1, -0.05) is 31.5 Å². The smallest absolute Gasteiger partial charge is 0.137 e. The first-order valence-electron chi connectivity index (χ1n) is 5.29. The third kappa shape index (κ3) is 3.67. The first kappa shape index (κ1) is 13.3. The Labute approximate surface area is 101 Å².